The average molecular weight is 624 g/mol. The molecule has 5 aromatic rings. The Bertz CT molecular complexity index is 1850. The van der Waals surface area contributed by atoms with E-state index in [4.69, 9.17) is 9.72 Å². The highest BCUT2D eigenvalue weighted by atomic mass is 32.1. The molecule has 10 nitrogen and oxygen atoms in total. The molecule has 2 aliphatic heterocycles. The first-order chi connectivity index (χ1) is 21.9. The van der Waals surface area contributed by atoms with Gasteiger partial charge in [-0.15, -0.1) is 11.3 Å². The molecule has 2 aliphatic rings. The van der Waals surface area contributed by atoms with Gasteiger partial charge in [0.1, 0.15) is 22.5 Å². The van der Waals surface area contributed by atoms with E-state index in [1.54, 1.807) is 17.0 Å². The van der Waals surface area contributed by atoms with Crippen molar-refractivity contribution in [3.63, 3.8) is 0 Å². The van der Waals surface area contributed by atoms with Crippen LogP contribution in [0, 0.1) is 6.92 Å². The van der Waals surface area contributed by atoms with Gasteiger partial charge in [0.2, 0.25) is 5.95 Å². The number of piperidine rings is 1. The quantitative estimate of drug-likeness (QED) is 0.226. The number of pyridine rings is 1. The smallest absolute Gasteiger partial charge is 0.260 e. The Kier molecular flexibility index (Phi) is 8.33. The topological polar surface area (TPSA) is 109 Å². The number of benzene rings is 2. The van der Waals surface area contributed by atoms with Gasteiger partial charge in [0.15, 0.2) is 0 Å². The molecule has 0 spiro atoms. The zero-order valence-electron chi connectivity index (χ0n) is 25.5. The largest absolute Gasteiger partial charge is 0.489 e. The normalized spacial score (nSPS) is 18.1. The predicted octanol–water partition coefficient (Wildman–Crippen LogP) is 5.67. The summed E-state index contributed by atoms with van der Waals surface area (Å²) in [6.07, 6.45) is 6.59. The number of anilines is 2. The van der Waals surface area contributed by atoms with Gasteiger partial charge in [-0.3, -0.25) is 9.36 Å². The summed E-state index contributed by atoms with van der Waals surface area (Å²) in [7, 11) is 2.11. The van der Waals surface area contributed by atoms with Crippen molar-refractivity contribution in [2.75, 3.05) is 38.5 Å². The van der Waals surface area contributed by atoms with Crippen LogP contribution >= 0.6 is 11.3 Å². The molecule has 1 unspecified atom stereocenters. The summed E-state index contributed by atoms with van der Waals surface area (Å²) in [6, 6.07) is 16.1. The summed E-state index contributed by atoms with van der Waals surface area (Å²) in [6.45, 7) is 5.71. The van der Waals surface area contributed by atoms with Crippen molar-refractivity contribution in [2.24, 2.45) is 0 Å². The maximum Gasteiger partial charge on any atom is 0.260 e. The van der Waals surface area contributed by atoms with Gasteiger partial charge in [-0.2, -0.15) is 10.0 Å². The van der Waals surface area contributed by atoms with E-state index in [2.05, 4.69) is 52.4 Å². The van der Waals surface area contributed by atoms with Crippen molar-refractivity contribution in [1.82, 2.24) is 29.5 Å². The molecular formula is C34H37N7O3S. The molecular weight excluding hydrogens is 586 g/mol. The molecule has 232 valence electrons. The fourth-order valence-corrected chi connectivity index (χ4v) is 7.00. The van der Waals surface area contributed by atoms with Crippen molar-refractivity contribution in [1.29, 1.82) is 0 Å². The highest BCUT2D eigenvalue weighted by Gasteiger charge is 2.22. The number of aryl methyl sites for hydroxylation is 1. The lowest BCUT2D eigenvalue weighted by Crippen LogP contribution is -2.29. The third kappa shape index (κ3) is 6.48. The number of likely N-dealkylation sites (N-methyl/N-ethyl adjacent to an activating group) is 1. The summed E-state index contributed by atoms with van der Waals surface area (Å²) in [5.41, 5.74) is 5.06. The lowest BCUT2D eigenvalue weighted by Gasteiger charge is -2.28. The van der Waals surface area contributed by atoms with Crippen LogP contribution in [-0.4, -0.2) is 74.0 Å². The van der Waals surface area contributed by atoms with Crippen molar-refractivity contribution >= 4 is 34.0 Å². The number of ether oxygens (including phenoxy) is 1. The Morgan fingerprint density at radius 3 is 2.56 bits per heavy atom. The molecule has 5 heterocycles. The third-order valence-electron chi connectivity index (χ3n) is 8.85. The highest BCUT2D eigenvalue weighted by molar-refractivity contribution is 7.09. The summed E-state index contributed by atoms with van der Waals surface area (Å²) in [5, 5.41) is 18.0. The number of hydroxylamine groups is 2. The minimum absolute atomic E-state index is 0.120. The molecule has 2 saturated heterocycles. The van der Waals surface area contributed by atoms with E-state index in [0.717, 1.165) is 65.3 Å². The van der Waals surface area contributed by atoms with Crippen molar-refractivity contribution < 1.29 is 9.94 Å². The first kappa shape index (κ1) is 29.5. The molecule has 0 bridgehead atoms. The number of aromatic nitrogens is 4. The monoisotopic (exact) mass is 623 g/mol. The number of nitrogens with one attached hydrogen (secondary N) is 1. The van der Waals surface area contributed by atoms with Gasteiger partial charge in [-0.05, 0) is 86.2 Å². The van der Waals surface area contributed by atoms with Crippen LogP contribution in [-0.2, 0) is 6.54 Å². The van der Waals surface area contributed by atoms with Crippen LogP contribution in [0.4, 0.5) is 11.6 Å². The van der Waals surface area contributed by atoms with Gasteiger partial charge < -0.3 is 20.2 Å². The summed E-state index contributed by atoms with van der Waals surface area (Å²) in [5.74, 6) is 1.64. The first-order valence-electron chi connectivity index (χ1n) is 15.5. The second-order valence-electron chi connectivity index (χ2n) is 12.1. The van der Waals surface area contributed by atoms with Gasteiger partial charge >= 0.3 is 0 Å². The molecule has 3 aromatic heterocycles. The first-order valence-corrected chi connectivity index (χ1v) is 16.3. The standard InChI is InChI=1S/C34H37N7O3S/c1-22-17-24(23-9-14-40(43)15-10-23)3-8-29(22)30-18-25-19-36-34(38-32(25)41(33(30)42)21-31-35-12-16-45-31)37-26-4-6-27(7-5-26)44-28-11-13-39(2)20-28/h3-8,12,16-19,23,28,43H,9-11,13-15,20-21H2,1-2H3,(H,36,37,38). The van der Waals surface area contributed by atoms with Crippen LogP contribution in [0.5, 0.6) is 5.75 Å². The lowest BCUT2D eigenvalue weighted by molar-refractivity contribution is -0.106. The van der Waals surface area contributed by atoms with Crippen LogP contribution in [0.25, 0.3) is 22.2 Å². The van der Waals surface area contributed by atoms with E-state index in [-0.39, 0.29) is 11.7 Å². The Balaban J connectivity index is 1.19. The Morgan fingerprint density at radius 1 is 1.02 bits per heavy atom. The van der Waals surface area contributed by atoms with E-state index in [1.165, 1.54) is 22.0 Å². The maximum absolute atomic E-state index is 14.2. The Morgan fingerprint density at radius 2 is 1.84 bits per heavy atom. The van der Waals surface area contributed by atoms with Crippen molar-refractivity contribution in [3.8, 4) is 16.9 Å². The molecule has 0 radical (unpaired) electrons. The number of likely N-dealkylation sites (tertiary alicyclic amines) is 1. The number of thiazole rings is 1. The van der Waals surface area contributed by atoms with E-state index < -0.39 is 0 Å². The Hall–Kier alpha value is -4.16. The number of hydrogen-bond donors (Lipinski definition) is 2. The zero-order valence-corrected chi connectivity index (χ0v) is 26.3. The van der Waals surface area contributed by atoms with Crippen LogP contribution in [0.1, 0.15) is 41.3 Å². The maximum atomic E-state index is 14.2. The minimum Gasteiger partial charge on any atom is -0.489 e. The molecule has 45 heavy (non-hydrogen) atoms. The van der Waals surface area contributed by atoms with E-state index in [1.807, 2.05) is 35.7 Å². The number of nitrogens with zero attached hydrogens (tertiary/aromatic N) is 6. The van der Waals surface area contributed by atoms with Gasteiger partial charge in [0.25, 0.3) is 5.56 Å². The van der Waals surface area contributed by atoms with Gasteiger partial charge in [0.05, 0.1) is 6.54 Å². The predicted molar refractivity (Wildman–Crippen MR) is 177 cm³/mol. The van der Waals surface area contributed by atoms with Gasteiger partial charge in [-0.1, -0.05) is 18.2 Å². The second-order valence-corrected chi connectivity index (χ2v) is 13.1. The second kappa shape index (κ2) is 12.7. The van der Waals surface area contributed by atoms with E-state index in [0.29, 0.717) is 42.7 Å². The molecule has 0 saturated carbocycles. The van der Waals surface area contributed by atoms with Crippen LogP contribution < -0.4 is 15.6 Å². The fraction of sp³-hybridized carbons (Fsp3) is 0.353. The number of fused-ring (bicyclic) bond motifs is 1. The van der Waals surface area contributed by atoms with E-state index >= 15 is 0 Å². The average Bonchev–Trinajstić information content (AvgIpc) is 3.71. The number of rotatable bonds is 8. The Labute approximate surface area is 265 Å². The molecule has 7 rings (SSSR count). The SMILES string of the molecule is Cc1cc(C2CCN(O)CC2)ccc1-c1cc2cnc(Nc3ccc(OC4CCN(C)C4)cc3)nc2n(Cc2nccs2)c1=O. The third-order valence-corrected chi connectivity index (χ3v) is 9.61. The molecule has 0 amide bonds. The van der Waals surface area contributed by atoms with E-state index in [9.17, 15) is 10.0 Å². The highest BCUT2D eigenvalue weighted by Crippen LogP contribution is 2.32. The van der Waals surface area contributed by atoms with Gasteiger partial charge in [-0.25, -0.2) is 9.97 Å². The summed E-state index contributed by atoms with van der Waals surface area (Å²) in [4.78, 5) is 30.3. The fourth-order valence-electron chi connectivity index (χ4n) is 6.40. The molecule has 0 aliphatic carbocycles. The molecule has 11 heteroatoms. The van der Waals surface area contributed by atoms with Crippen LogP contribution in [0.2, 0.25) is 0 Å². The van der Waals surface area contributed by atoms with Crippen molar-refractivity contribution in [2.45, 2.75) is 44.8 Å². The molecule has 2 fully saturated rings. The molecule has 2 N–H and O–H groups in total. The zero-order chi connectivity index (χ0) is 30.9. The summed E-state index contributed by atoms with van der Waals surface area (Å²) < 4.78 is 7.83. The lowest BCUT2D eigenvalue weighted by atomic mass is 9.87. The molecule has 1 atom stereocenters. The van der Waals surface area contributed by atoms with Crippen LogP contribution in [0.3, 0.4) is 0 Å². The van der Waals surface area contributed by atoms with Crippen LogP contribution in [0.15, 0.2) is 71.1 Å². The number of hydrogen-bond acceptors (Lipinski definition) is 10. The molecule has 2 aromatic carbocycles. The van der Waals surface area contributed by atoms with Gasteiger partial charge in [0, 0.05) is 60.6 Å². The van der Waals surface area contributed by atoms with Crippen molar-refractivity contribution in [3.05, 3.63) is 92.8 Å². The minimum atomic E-state index is -0.120. The summed E-state index contributed by atoms with van der Waals surface area (Å²) >= 11 is 1.51.